The first-order valence-corrected chi connectivity index (χ1v) is 11.2. The Labute approximate surface area is 164 Å². The molecule has 2 atom stereocenters. The smallest absolute Gasteiger partial charge is 0.223 e. The number of rotatable bonds is 2. The second-order valence-corrected chi connectivity index (χ2v) is 9.95. The average Bonchev–Trinajstić information content (AvgIpc) is 3.07. The molecule has 1 amide bonds. The van der Waals surface area contributed by atoms with Crippen LogP contribution >= 0.6 is 0 Å². The van der Waals surface area contributed by atoms with E-state index in [0.29, 0.717) is 17.9 Å². The zero-order valence-corrected chi connectivity index (χ0v) is 16.5. The van der Waals surface area contributed by atoms with Crippen LogP contribution in [-0.2, 0) is 21.1 Å². The summed E-state index contributed by atoms with van der Waals surface area (Å²) in [6.45, 7) is 2.51. The van der Waals surface area contributed by atoms with Crippen LogP contribution in [0.4, 0.5) is 0 Å². The minimum Gasteiger partial charge on any atom is -0.356 e. The molecule has 0 unspecified atom stereocenters. The van der Waals surface area contributed by atoms with Crippen LogP contribution in [0.25, 0.3) is 10.9 Å². The predicted molar refractivity (Wildman–Crippen MR) is 108 cm³/mol. The van der Waals surface area contributed by atoms with Crippen molar-refractivity contribution in [2.75, 3.05) is 6.54 Å². The number of amides is 1. The number of carbonyl (C=O) groups is 1. The van der Waals surface area contributed by atoms with E-state index in [1.54, 1.807) is 17.0 Å². The molecule has 3 heterocycles. The fraction of sp³-hybridized carbons (Fsp3) is 0.318. The predicted octanol–water partition coefficient (Wildman–Crippen LogP) is 3.54. The van der Waals surface area contributed by atoms with Crippen molar-refractivity contribution >= 4 is 26.6 Å². The van der Waals surface area contributed by atoms with Gasteiger partial charge in [0, 0.05) is 29.6 Å². The maximum absolute atomic E-state index is 13.5. The molecule has 0 bridgehead atoms. The molecule has 1 fully saturated rings. The van der Waals surface area contributed by atoms with E-state index in [1.165, 1.54) is 0 Å². The Kier molecular flexibility index (Phi) is 3.88. The Morgan fingerprint density at radius 3 is 2.57 bits per heavy atom. The summed E-state index contributed by atoms with van der Waals surface area (Å²) in [7, 11) is -3.57. The lowest BCUT2D eigenvalue weighted by Crippen LogP contribution is -2.51. The molecule has 0 radical (unpaired) electrons. The average molecular weight is 394 g/mol. The largest absolute Gasteiger partial charge is 0.356 e. The summed E-state index contributed by atoms with van der Waals surface area (Å²) in [4.78, 5) is 18.2. The lowest BCUT2D eigenvalue weighted by atomic mass is 9.90. The minimum absolute atomic E-state index is 0.0460. The molecule has 2 aliphatic heterocycles. The molecule has 1 saturated heterocycles. The Balaban J connectivity index is 1.67. The Bertz CT molecular complexity index is 1180. The van der Waals surface area contributed by atoms with E-state index < -0.39 is 21.1 Å². The van der Waals surface area contributed by atoms with Crippen LogP contribution in [0.3, 0.4) is 0 Å². The van der Waals surface area contributed by atoms with E-state index in [4.69, 9.17) is 0 Å². The molecule has 6 heteroatoms. The van der Waals surface area contributed by atoms with Crippen LogP contribution in [-0.4, -0.2) is 36.0 Å². The van der Waals surface area contributed by atoms with Crippen molar-refractivity contribution in [1.82, 2.24) is 9.88 Å². The first-order valence-electron chi connectivity index (χ1n) is 9.66. The Hall–Kier alpha value is -2.60. The van der Waals surface area contributed by atoms with Gasteiger partial charge in [-0.25, -0.2) is 8.42 Å². The van der Waals surface area contributed by atoms with Gasteiger partial charge in [-0.2, -0.15) is 0 Å². The number of H-pyrrole nitrogens is 1. The number of para-hydroxylation sites is 1. The van der Waals surface area contributed by atoms with Crippen molar-refractivity contribution in [2.24, 2.45) is 0 Å². The van der Waals surface area contributed by atoms with Crippen LogP contribution in [0, 0.1) is 6.92 Å². The molecular weight excluding hydrogens is 372 g/mol. The van der Waals surface area contributed by atoms with Gasteiger partial charge in [-0.3, -0.25) is 4.79 Å². The molecule has 1 N–H and O–H groups in total. The normalized spacial score (nSPS) is 22.2. The Morgan fingerprint density at radius 1 is 1.04 bits per heavy atom. The molecule has 0 aliphatic carbocycles. The van der Waals surface area contributed by atoms with E-state index in [0.717, 1.165) is 34.1 Å². The monoisotopic (exact) mass is 394 g/mol. The zero-order valence-electron chi connectivity index (χ0n) is 15.7. The number of aryl methyl sites for hydroxylation is 1. The topological polar surface area (TPSA) is 70.2 Å². The number of hydrogen-bond acceptors (Lipinski definition) is 3. The molecular formula is C22H22N2O3S. The molecule has 5 rings (SSSR count). The number of aromatic amines is 1. The quantitative estimate of drug-likeness (QED) is 0.723. The van der Waals surface area contributed by atoms with Gasteiger partial charge in [0.25, 0.3) is 0 Å². The molecule has 2 aliphatic rings. The van der Waals surface area contributed by atoms with Gasteiger partial charge in [0.15, 0.2) is 9.84 Å². The minimum atomic E-state index is -3.57. The van der Waals surface area contributed by atoms with Gasteiger partial charge in [-0.15, -0.1) is 0 Å². The lowest BCUT2D eigenvalue weighted by Gasteiger charge is -2.43. The number of piperidine rings is 1. The molecule has 28 heavy (non-hydrogen) atoms. The third-order valence-corrected chi connectivity index (χ3v) is 8.36. The highest BCUT2D eigenvalue weighted by atomic mass is 32.2. The number of hydrogen-bond donors (Lipinski definition) is 1. The van der Waals surface area contributed by atoms with Gasteiger partial charge in [-0.1, -0.05) is 35.9 Å². The van der Waals surface area contributed by atoms with Crippen LogP contribution < -0.4 is 0 Å². The number of nitrogens with zero attached hydrogens (tertiary/aromatic N) is 1. The third kappa shape index (κ3) is 2.51. The highest BCUT2D eigenvalue weighted by Gasteiger charge is 2.47. The lowest BCUT2D eigenvalue weighted by molar-refractivity contribution is -0.136. The maximum Gasteiger partial charge on any atom is 0.223 e. The second-order valence-electron chi connectivity index (χ2n) is 7.78. The number of fused-ring (bicyclic) bond motifs is 5. The fourth-order valence-electron chi connectivity index (χ4n) is 4.73. The van der Waals surface area contributed by atoms with Gasteiger partial charge >= 0.3 is 0 Å². The van der Waals surface area contributed by atoms with Crippen molar-refractivity contribution < 1.29 is 13.2 Å². The van der Waals surface area contributed by atoms with Gasteiger partial charge in [0.2, 0.25) is 5.91 Å². The molecule has 1 aromatic heterocycles. The fourth-order valence-corrected chi connectivity index (χ4v) is 6.65. The third-order valence-electron chi connectivity index (χ3n) is 6.14. The van der Waals surface area contributed by atoms with Crippen LogP contribution in [0.5, 0.6) is 0 Å². The number of sulfone groups is 1. The summed E-state index contributed by atoms with van der Waals surface area (Å²) in [6, 6.07) is 14.6. The summed E-state index contributed by atoms with van der Waals surface area (Å²) in [6.07, 6.45) is 1.38. The highest BCUT2D eigenvalue weighted by Crippen LogP contribution is 2.43. The van der Waals surface area contributed by atoms with E-state index >= 15 is 0 Å². The van der Waals surface area contributed by atoms with Crippen molar-refractivity contribution in [3.8, 4) is 0 Å². The molecule has 0 spiro atoms. The van der Waals surface area contributed by atoms with Gasteiger partial charge in [-0.05, 0) is 43.5 Å². The van der Waals surface area contributed by atoms with Crippen molar-refractivity contribution in [3.05, 3.63) is 65.4 Å². The summed E-state index contributed by atoms with van der Waals surface area (Å²) >= 11 is 0. The van der Waals surface area contributed by atoms with Crippen LogP contribution in [0.2, 0.25) is 0 Å². The van der Waals surface area contributed by atoms with E-state index in [9.17, 15) is 13.2 Å². The second kappa shape index (κ2) is 6.21. The summed E-state index contributed by atoms with van der Waals surface area (Å²) < 4.78 is 27.1. The molecule has 3 aromatic rings. The van der Waals surface area contributed by atoms with Crippen molar-refractivity contribution in [1.29, 1.82) is 0 Å². The van der Waals surface area contributed by atoms with Crippen LogP contribution in [0.15, 0.2) is 53.4 Å². The molecule has 0 saturated carbocycles. The number of aromatic nitrogens is 1. The number of carbonyl (C=O) groups excluding carboxylic acids is 1. The standard InChI is InChI=1S/C22H22N2O3S/c1-14-6-8-15(9-7-14)28(26,27)19-10-11-20(25)24-13-12-17-16-4-2-3-5-18(16)23-21(17)22(19)24/h2-9,19,22-23H,10-13H2,1H3/t19-,22-/m1/s1. The maximum atomic E-state index is 13.5. The Morgan fingerprint density at radius 2 is 1.79 bits per heavy atom. The zero-order chi connectivity index (χ0) is 19.5. The first kappa shape index (κ1) is 17.5. The molecule has 5 nitrogen and oxygen atoms in total. The SMILES string of the molecule is Cc1ccc(S(=O)(=O)[C@@H]2CCC(=O)N3CCc4c([nH]c5ccccc45)[C@@H]23)cc1. The molecule has 144 valence electrons. The summed E-state index contributed by atoms with van der Waals surface area (Å²) in [5.41, 5.74) is 4.06. The van der Waals surface area contributed by atoms with Crippen molar-refractivity contribution in [2.45, 2.75) is 42.4 Å². The number of nitrogens with one attached hydrogen (secondary N) is 1. The van der Waals surface area contributed by atoms with E-state index in [-0.39, 0.29) is 12.3 Å². The molecule has 2 aromatic carbocycles. The van der Waals surface area contributed by atoms with E-state index in [2.05, 4.69) is 11.1 Å². The van der Waals surface area contributed by atoms with Gasteiger partial charge in [0.05, 0.1) is 16.2 Å². The number of benzene rings is 2. The first-order chi connectivity index (χ1) is 13.5. The van der Waals surface area contributed by atoms with Crippen molar-refractivity contribution in [3.63, 3.8) is 0 Å². The van der Waals surface area contributed by atoms with Gasteiger partial charge in [0.1, 0.15) is 0 Å². The summed E-state index contributed by atoms with van der Waals surface area (Å²) in [5.74, 6) is 0.0460. The van der Waals surface area contributed by atoms with Crippen LogP contribution in [0.1, 0.15) is 35.7 Å². The summed E-state index contributed by atoms with van der Waals surface area (Å²) in [5, 5.41) is 0.488. The van der Waals surface area contributed by atoms with E-state index in [1.807, 2.05) is 37.3 Å². The van der Waals surface area contributed by atoms with Gasteiger partial charge < -0.3 is 9.88 Å². The highest BCUT2D eigenvalue weighted by molar-refractivity contribution is 7.92.